The molecule has 0 rings (SSSR count). The van der Waals surface area contributed by atoms with Crippen LogP contribution in [0.25, 0.3) is 0 Å². The zero-order valence-electron chi connectivity index (χ0n) is 26.3. The number of hydrogen-bond donors (Lipinski definition) is 2. The summed E-state index contributed by atoms with van der Waals surface area (Å²) >= 11 is 0. The summed E-state index contributed by atoms with van der Waals surface area (Å²) in [4.78, 5) is 14.9. The van der Waals surface area contributed by atoms with E-state index in [-0.39, 0.29) is 0 Å². The topological polar surface area (TPSA) is 72.5 Å². The maximum atomic E-state index is 10.3. The van der Waals surface area contributed by atoms with Gasteiger partial charge in [-0.2, -0.15) is 0 Å². The van der Waals surface area contributed by atoms with Crippen LogP contribution in [0.1, 0.15) is 206 Å². The Bertz CT molecular complexity index is 399. The summed E-state index contributed by atoms with van der Waals surface area (Å²) in [5.41, 5.74) is 0. The van der Waals surface area contributed by atoms with Crippen molar-refractivity contribution in [2.75, 3.05) is 6.61 Å². The molecule has 0 amide bonds. The number of aliphatic carboxylic acids is 1. The van der Waals surface area contributed by atoms with Crippen molar-refractivity contribution in [3.05, 3.63) is 0 Å². The van der Waals surface area contributed by atoms with Gasteiger partial charge in [0.1, 0.15) is 0 Å². The number of nitrogens with two attached hydrogens (primary N) is 1. The van der Waals surface area contributed by atoms with Crippen LogP contribution in [0.2, 0.25) is 0 Å². The second-order valence-electron chi connectivity index (χ2n) is 11.6. The molecule has 0 aromatic carbocycles. The molecule has 0 aliphatic heterocycles. The Hall–Kier alpha value is -0.610. The number of carboxylic acid groups (broad SMARTS) is 1. The molecule has 0 spiro atoms. The molecule has 0 aliphatic carbocycles. The first-order chi connectivity index (χ1) is 18.7. The van der Waals surface area contributed by atoms with Crippen molar-refractivity contribution < 1.29 is 14.7 Å². The Balaban J connectivity index is 0. The third kappa shape index (κ3) is 42.5. The van der Waals surface area contributed by atoms with Crippen LogP contribution in [0.3, 0.4) is 0 Å². The Morgan fingerprint density at radius 2 is 0.684 bits per heavy atom. The molecule has 0 atom stereocenters. The molecule has 4 nitrogen and oxygen atoms in total. The molecule has 4 heteroatoms. The lowest BCUT2D eigenvalue weighted by Gasteiger charge is -2.03. The number of carbonyl (C=O) groups is 1. The van der Waals surface area contributed by atoms with Crippen molar-refractivity contribution in [2.45, 2.75) is 206 Å². The molecule has 0 aromatic heterocycles. The number of rotatable bonds is 31. The van der Waals surface area contributed by atoms with Gasteiger partial charge in [0, 0.05) is 6.42 Å². The van der Waals surface area contributed by atoms with Crippen molar-refractivity contribution in [3.63, 3.8) is 0 Å². The maximum Gasteiger partial charge on any atom is 0.303 e. The van der Waals surface area contributed by atoms with Gasteiger partial charge in [-0.05, 0) is 12.8 Å². The SMILES string of the molecule is CCCCCCCCCCCCCCCC(=O)O.CCCCCCCCCCCCCCCCCCON. The van der Waals surface area contributed by atoms with Crippen LogP contribution in [-0.2, 0) is 9.63 Å². The Morgan fingerprint density at radius 3 is 0.921 bits per heavy atom. The van der Waals surface area contributed by atoms with Crippen LogP contribution in [0.5, 0.6) is 0 Å². The molecule has 0 radical (unpaired) electrons. The molecular weight excluding hydrogens is 470 g/mol. The van der Waals surface area contributed by atoms with E-state index in [9.17, 15) is 4.79 Å². The third-order valence-electron chi connectivity index (χ3n) is 7.61. The van der Waals surface area contributed by atoms with E-state index >= 15 is 0 Å². The van der Waals surface area contributed by atoms with Crippen LogP contribution in [0, 0.1) is 0 Å². The van der Waals surface area contributed by atoms with Gasteiger partial charge < -0.3 is 9.94 Å². The fourth-order valence-corrected chi connectivity index (χ4v) is 5.03. The fourth-order valence-electron chi connectivity index (χ4n) is 5.03. The standard InChI is InChI=1S/C18H39NO.C16H32O2/c1-2-3-4-5-6-7-8-9-10-11-12-13-14-15-16-17-18-20-19;1-2-3-4-5-6-7-8-9-10-11-12-13-14-15-16(17)18/h2-19H2,1H3;2-15H2,1H3,(H,17,18). The Labute approximate surface area is 239 Å². The van der Waals surface area contributed by atoms with E-state index < -0.39 is 5.97 Å². The van der Waals surface area contributed by atoms with Gasteiger partial charge in [0.15, 0.2) is 0 Å². The van der Waals surface area contributed by atoms with Gasteiger partial charge in [-0.15, -0.1) is 0 Å². The van der Waals surface area contributed by atoms with E-state index in [2.05, 4.69) is 18.7 Å². The second-order valence-corrected chi connectivity index (χ2v) is 11.6. The minimum Gasteiger partial charge on any atom is -0.481 e. The van der Waals surface area contributed by atoms with Crippen molar-refractivity contribution >= 4 is 5.97 Å². The molecule has 3 N–H and O–H groups in total. The highest BCUT2D eigenvalue weighted by Gasteiger charge is 1.97. The van der Waals surface area contributed by atoms with E-state index in [0.717, 1.165) is 25.9 Å². The molecule has 0 unspecified atom stereocenters. The summed E-state index contributed by atoms with van der Waals surface area (Å²) in [5, 5.41) is 8.49. The second kappa shape index (κ2) is 38.5. The smallest absolute Gasteiger partial charge is 0.303 e. The van der Waals surface area contributed by atoms with Crippen LogP contribution >= 0.6 is 0 Å². The summed E-state index contributed by atoms with van der Waals surface area (Å²) in [6, 6.07) is 0. The first kappa shape index (κ1) is 39.5. The first-order valence-electron chi connectivity index (χ1n) is 17.2. The molecule has 0 saturated carbocycles. The summed E-state index contributed by atoms with van der Waals surface area (Å²) in [7, 11) is 0. The Morgan fingerprint density at radius 1 is 0.447 bits per heavy atom. The fraction of sp³-hybridized carbons (Fsp3) is 0.971. The molecule has 38 heavy (non-hydrogen) atoms. The van der Waals surface area contributed by atoms with Crippen molar-refractivity contribution in [1.82, 2.24) is 0 Å². The van der Waals surface area contributed by atoms with Crippen LogP contribution in [0.4, 0.5) is 0 Å². The zero-order chi connectivity index (χ0) is 28.2. The largest absolute Gasteiger partial charge is 0.481 e. The number of unbranched alkanes of at least 4 members (excludes halogenated alkanes) is 27. The average Bonchev–Trinajstić information content (AvgIpc) is 2.91. The molecule has 0 fully saturated rings. The normalized spacial score (nSPS) is 10.9. The molecule has 0 heterocycles. The lowest BCUT2D eigenvalue weighted by atomic mass is 10.0. The quantitative estimate of drug-likeness (QED) is 0.0676. The van der Waals surface area contributed by atoms with Crippen LogP contribution in [0.15, 0.2) is 0 Å². The van der Waals surface area contributed by atoms with E-state index in [4.69, 9.17) is 11.0 Å². The first-order valence-corrected chi connectivity index (χ1v) is 17.2. The van der Waals surface area contributed by atoms with Gasteiger partial charge in [-0.1, -0.05) is 187 Å². The lowest BCUT2D eigenvalue weighted by molar-refractivity contribution is -0.137. The van der Waals surface area contributed by atoms with Crippen LogP contribution < -0.4 is 5.90 Å². The third-order valence-corrected chi connectivity index (χ3v) is 7.61. The molecule has 0 saturated heterocycles. The molecule has 230 valence electrons. The van der Waals surface area contributed by atoms with Crippen molar-refractivity contribution in [3.8, 4) is 0 Å². The van der Waals surface area contributed by atoms with Crippen molar-refractivity contribution in [2.24, 2.45) is 5.90 Å². The molecule has 0 aliphatic rings. The summed E-state index contributed by atoms with van der Waals surface area (Å²) in [6.07, 6.45) is 39.7. The Kier molecular flexibility index (Phi) is 40.1. The molecular formula is C34H71NO3. The highest BCUT2D eigenvalue weighted by Crippen LogP contribution is 2.14. The van der Waals surface area contributed by atoms with Gasteiger partial charge in [-0.25, -0.2) is 5.90 Å². The van der Waals surface area contributed by atoms with Crippen LogP contribution in [-0.4, -0.2) is 17.7 Å². The minimum absolute atomic E-state index is 0.345. The van der Waals surface area contributed by atoms with Gasteiger partial charge >= 0.3 is 5.97 Å². The van der Waals surface area contributed by atoms with E-state index in [1.54, 1.807) is 0 Å². The van der Waals surface area contributed by atoms with Gasteiger partial charge in [0.25, 0.3) is 0 Å². The highest BCUT2D eigenvalue weighted by molar-refractivity contribution is 5.66. The lowest BCUT2D eigenvalue weighted by Crippen LogP contribution is -2.00. The predicted octanol–water partition coefficient (Wildman–Crippen LogP) is 11.7. The van der Waals surface area contributed by atoms with Gasteiger partial charge in [0.2, 0.25) is 0 Å². The zero-order valence-corrected chi connectivity index (χ0v) is 26.3. The number of carboxylic acids is 1. The monoisotopic (exact) mass is 542 g/mol. The van der Waals surface area contributed by atoms with E-state index in [1.165, 1.54) is 167 Å². The predicted molar refractivity (Wildman–Crippen MR) is 168 cm³/mol. The van der Waals surface area contributed by atoms with Gasteiger partial charge in [0.05, 0.1) is 6.61 Å². The summed E-state index contributed by atoms with van der Waals surface area (Å²) < 4.78 is 0. The number of hydrogen-bond acceptors (Lipinski definition) is 3. The average molecular weight is 542 g/mol. The summed E-state index contributed by atoms with van der Waals surface area (Å²) in [5.74, 6) is 4.33. The van der Waals surface area contributed by atoms with E-state index in [0.29, 0.717) is 6.42 Å². The molecule has 0 aromatic rings. The summed E-state index contributed by atoms with van der Waals surface area (Å²) in [6.45, 7) is 5.27. The maximum absolute atomic E-state index is 10.3. The van der Waals surface area contributed by atoms with E-state index in [1.807, 2.05) is 0 Å². The minimum atomic E-state index is -0.655. The van der Waals surface area contributed by atoms with Crippen molar-refractivity contribution in [1.29, 1.82) is 0 Å². The van der Waals surface area contributed by atoms with Gasteiger partial charge in [-0.3, -0.25) is 4.79 Å². The highest BCUT2D eigenvalue weighted by atomic mass is 16.6. The molecule has 0 bridgehead atoms.